The number of hydrogen-bond donors (Lipinski definition) is 2. The van der Waals surface area contributed by atoms with E-state index in [4.69, 9.17) is 10.4 Å². The second kappa shape index (κ2) is 6.91. The first kappa shape index (κ1) is 16.0. The molecule has 20 heavy (non-hydrogen) atoms. The number of urea groups is 1. The quantitative estimate of drug-likeness (QED) is 0.881. The molecule has 0 saturated carbocycles. The molecule has 0 spiro atoms. The molecule has 0 radical (unpaired) electrons. The summed E-state index contributed by atoms with van der Waals surface area (Å²) >= 11 is 3.21. The van der Waals surface area contributed by atoms with Crippen LogP contribution in [0.4, 0.5) is 10.5 Å². The van der Waals surface area contributed by atoms with Gasteiger partial charge in [-0.3, -0.25) is 0 Å². The number of benzene rings is 1. The van der Waals surface area contributed by atoms with Crippen LogP contribution in [0.3, 0.4) is 0 Å². The number of carboxylic acids is 1. The third-order valence-corrected chi connectivity index (χ3v) is 3.25. The molecule has 0 fully saturated rings. The maximum Gasteiger partial charge on any atom is 0.337 e. The number of nitrogens with one attached hydrogen (secondary N) is 1. The van der Waals surface area contributed by atoms with Gasteiger partial charge in [0.1, 0.15) is 0 Å². The first-order chi connectivity index (χ1) is 9.36. The van der Waals surface area contributed by atoms with Gasteiger partial charge in [0.15, 0.2) is 0 Å². The zero-order chi connectivity index (χ0) is 15.3. The number of carbonyl (C=O) groups excluding carboxylic acids is 1. The van der Waals surface area contributed by atoms with Crippen molar-refractivity contribution in [3.63, 3.8) is 0 Å². The van der Waals surface area contributed by atoms with Crippen LogP contribution in [0.2, 0.25) is 0 Å². The van der Waals surface area contributed by atoms with Crippen molar-refractivity contribution in [2.45, 2.75) is 6.92 Å². The van der Waals surface area contributed by atoms with Crippen LogP contribution in [0.25, 0.3) is 0 Å². The molecule has 0 saturated heterocycles. The van der Waals surface area contributed by atoms with E-state index >= 15 is 0 Å². The Labute approximate surface area is 125 Å². The molecule has 1 unspecified atom stereocenters. The number of rotatable bonds is 4. The smallest absolute Gasteiger partial charge is 0.337 e. The Bertz CT molecular complexity index is 568. The molecule has 0 bridgehead atoms. The molecule has 0 heterocycles. The molecule has 1 aromatic carbocycles. The highest BCUT2D eigenvalue weighted by atomic mass is 79.9. The minimum atomic E-state index is -1.13. The molecule has 6 nitrogen and oxygen atoms in total. The summed E-state index contributed by atoms with van der Waals surface area (Å²) in [5.41, 5.74) is 0.191. The van der Waals surface area contributed by atoms with E-state index in [2.05, 4.69) is 21.2 Å². The molecule has 1 aromatic rings. The third-order valence-electron chi connectivity index (χ3n) is 2.59. The number of para-hydroxylation sites is 1. The number of halogens is 1. The summed E-state index contributed by atoms with van der Waals surface area (Å²) in [6, 6.07) is 6.18. The Balaban J connectivity index is 2.91. The molecule has 1 atom stereocenters. The molecule has 2 amide bonds. The van der Waals surface area contributed by atoms with Crippen molar-refractivity contribution in [2.24, 2.45) is 5.92 Å². The Morgan fingerprint density at radius 1 is 1.55 bits per heavy atom. The molecular formula is C13H14BrN3O3. The fourth-order valence-corrected chi connectivity index (χ4v) is 2.03. The van der Waals surface area contributed by atoms with Gasteiger partial charge in [-0.25, -0.2) is 9.59 Å². The molecular weight excluding hydrogens is 326 g/mol. The van der Waals surface area contributed by atoms with Gasteiger partial charge in [0.25, 0.3) is 0 Å². The van der Waals surface area contributed by atoms with Gasteiger partial charge in [-0.2, -0.15) is 5.26 Å². The highest BCUT2D eigenvalue weighted by Gasteiger charge is 2.18. The van der Waals surface area contributed by atoms with Crippen LogP contribution in [0.5, 0.6) is 0 Å². The second-order valence-corrected chi connectivity index (χ2v) is 5.16. The van der Waals surface area contributed by atoms with Gasteiger partial charge in [-0.05, 0) is 35.0 Å². The second-order valence-electron chi connectivity index (χ2n) is 4.31. The predicted molar refractivity (Wildman–Crippen MR) is 77.5 cm³/mol. The summed E-state index contributed by atoms with van der Waals surface area (Å²) in [7, 11) is 1.54. The Morgan fingerprint density at radius 2 is 2.20 bits per heavy atom. The highest BCUT2D eigenvalue weighted by molar-refractivity contribution is 9.10. The van der Waals surface area contributed by atoms with Gasteiger partial charge in [-0.1, -0.05) is 6.07 Å². The number of hydrogen-bond acceptors (Lipinski definition) is 3. The Morgan fingerprint density at radius 3 is 2.75 bits per heavy atom. The van der Waals surface area contributed by atoms with Crippen LogP contribution in [0.1, 0.15) is 17.3 Å². The van der Waals surface area contributed by atoms with Crippen LogP contribution in [-0.4, -0.2) is 35.6 Å². The lowest BCUT2D eigenvalue weighted by atomic mass is 10.2. The molecule has 0 aliphatic rings. The summed E-state index contributed by atoms with van der Waals surface area (Å²) in [6.45, 7) is 1.96. The molecule has 106 valence electrons. The van der Waals surface area contributed by atoms with Crippen molar-refractivity contribution >= 4 is 33.6 Å². The molecule has 0 aliphatic carbocycles. The first-order valence-electron chi connectivity index (χ1n) is 5.80. The maximum atomic E-state index is 12.0. The molecule has 2 N–H and O–H groups in total. The van der Waals surface area contributed by atoms with E-state index in [1.165, 1.54) is 11.0 Å². The lowest BCUT2D eigenvalue weighted by Gasteiger charge is -2.20. The number of amides is 2. The summed E-state index contributed by atoms with van der Waals surface area (Å²) < 4.78 is 0.479. The Kier molecular flexibility index (Phi) is 5.53. The van der Waals surface area contributed by atoms with E-state index in [0.29, 0.717) is 4.47 Å². The average Bonchev–Trinajstić information content (AvgIpc) is 2.40. The van der Waals surface area contributed by atoms with E-state index in [0.717, 1.165) is 0 Å². The standard InChI is InChI=1S/C13H14BrN3O3/c1-8(6-15)7-17(2)13(20)16-11-9(12(18)19)4-3-5-10(11)14/h3-5,8H,7H2,1-2H3,(H,16,20)(H,18,19). The average molecular weight is 340 g/mol. The van der Waals surface area contributed by atoms with Crippen LogP contribution in [0.15, 0.2) is 22.7 Å². The zero-order valence-corrected chi connectivity index (χ0v) is 12.6. The molecule has 1 rings (SSSR count). The number of aromatic carboxylic acids is 1. The zero-order valence-electron chi connectivity index (χ0n) is 11.1. The van der Waals surface area contributed by atoms with Crippen LogP contribution >= 0.6 is 15.9 Å². The number of carbonyl (C=O) groups is 2. The maximum absolute atomic E-state index is 12.0. The number of nitriles is 1. The molecule has 7 heteroatoms. The third kappa shape index (κ3) is 3.96. The monoisotopic (exact) mass is 339 g/mol. The van der Waals surface area contributed by atoms with Crippen LogP contribution < -0.4 is 5.32 Å². The largest absolute Gasteiger partial charge is 0.478 e. The van der Waals surface area contributed by atoms with Crippen LogP contribution in [-0.2, 0) is 0 Å². The Hall–Kier alpha value is -2.07. The van der Waals surface area contributed by atoms with Crippen molar-refractivity contribution in [3.05, 3.63) is 28.2 Å². The minimum absolute atomic E-state index is 0.00513. The SMILES string of the molecule is CC(C#N)CN(C)C(=O)Nc1c(Br)cccc1C(=O)O. The summed E-state index contributed by atoms with van der Waals surface area (Å²) in [4.78, 5) is 24.4. The van der Waals surface area contributed by atoms with E-state index in [1.807, 2.05) is 6.07 Å². The molecule has 0 aliphatic heterocycles. The van der Waals surface area contributed by atoms with E-state index < -0.39 is 12.0 Å². The van der Waals surface area contributed by atoms with Gasteiger partial charge in [0, 0.05) is 18.1 Å². The van der Waals surface area contributed by atoms with Gasteiger partial charge in [0.05, 0.1) is 23.2 Å². The minimum Gasteiger partial charge on any atom is -0.478 e. The van der Waals surface area contributed by atoms with Crippen molar-refractivity contribution in [1.29, 1.82) is 5.26 Å². The summed E-state index contributed by atoms with van der Waals surface area (Å²) in [5.74, 6) is -1.43. The van der Waals surface area contributed by atoms with Gasteiger partial charge in [0.2, 0.25) is 0 Å². The fraction of sp³-hybridized carbons (Fsp3) is 0.308. The normalized spacial score (nSPS) is 11.3. The molecule has 0 aromatic heterocycles. The van der Waals surface area contributed by atoms with Crippen molar-refractivity contribution in [3.8, 4) is 6.07 Å². The van der Waals surface area contributed by atoms with E-state index in [1.54, 1.807) is 26.1 Å². The fourth-order valence-electron chi connectivity index (χ4n) is 1.57. The lowest BCUT2D eigenvalue weighted by Crippen LogP contribution is -2.34. The van der Waals surface area contributed by atoms with Gasteiger partial charge in [-0.15, -0.1) is 0 Å². The van der Waals surface area contributed by atoms with Gasteiger partial charge < -0.3 is 15.3 Å². The summed E-state index contributed by atoms with van der Waals surface area (Å²) in [6.07, 6.45) is 0. The summed E-state index contributed by atoms with van der Waals surface area (Å²) in [5, 5.41) is 20.4. The van der Waals surface area contributed by atoms with E-state index in [-0.39, 0.29) is 23.7 Å². The van der Waals surface area contributed by atoms with E-state index in [9.17, 15) is 9.59 Å². The van der Waals surface area contributed by atoms with Crippen LogP contribution in [0, 0.1) is 17.2 Å². The van der Waals surface area contributed by atoms with Crippen molar-refractivity contribution in [1.82, 2.24) is 4.90 Å². The topological polar surface area (TPSA) is 93.4 Å². The van der Waals surface area contributed by atoms with Crippen molar-refractivity contribution < 1.29 is 14.7 Å². The van der Waals surface area contributed by atoms with Crippen molar-refractivity contribution in [2.75, 3.05) is 18.9 Å². The number of nitrogens with zero attached hydrogens (tertiary/aromatic N) is 2. The number of carboxylic acid groups (broad SMARTS) is 1. The number of anilines is 1. The first-order valence-corrected chi connectivity index (χ1v) is 6.59. The van der Waals surface area contributed by atoms with Gasteiger partial charge >= 0.3 is 12.0 Å². The predicted octanol–water partition coefficient (Wildman–Crippen LogP) is 2.77. The highest BCUT2D eigenvalue weighted by Crippen LogP contribution is 2.26. The lowest BCUT2D eigenvalue weighted by molar-refractivity contribution is 0.0698.